The maximum absolute atomic E-state index is 12.5. The zero-order valence-electron chi connectivity index (χ0n) is 18.2. The number of nitrogens with one attached hydrogen (secondary N) is 3. The second-order valence-electron chi connectivity index (χ2n) is 7.19. The minimum absolute atomic E-state index is 0.374. The molecule has 2 amide bonds. The Bertz CT molecular complexity index is 1170. The molecule has 0 saturated heterocycles. The van der Waals surface area contributed by atoms with Gasteiger partial charge < -0.3 is 16.4 Å². The molecule has 3 aromatic rings. The summed E-state index contributed by atoms with van der Waals surface area (Å²) in [7, 11) is 1.78. The Morgan fingerprint density at radius 1 is 1.26 bits per heavy atom. The molecule has 5 N–H and O–H groups in total. The summed E-state index contributed by atoms with van der Waals surface area (Å²) in [6.45, 7) is 6.06. The molecular formula is C23H27N7O. The van der Waals surface area contributed by atoms with E-state index in [2.05, 4.69) is 37.8 Å². The highest BCUT2D eigenvalue weighted by Gasteiger charge is 2.11. The summed E-state index contributed by atoms with van der Waals surface area (Å²) in [6.07, 6.45) is 9.64. The third-order valence-corrected chi connectivity index (χ3v) is 4.82. The van der Waals surface area contributed by atoms with Crippen LogP contribution in [0.25, 0.3) is 22.0 Å². The van der Waals surface area contributed by atoms with Crippen molar-refractivity contribution in [1.29, 1.82) is 0 Å². The average molecular weight is 418 g/mol. The van der Waals surface area contributed by atoms with Gasteiger partial charge in [0.1, 0.15) is 11.6 Å². The van der Waals surface area contributed by atoms with E-state index in [4.69, 9.17) is 5.73 Å². The van der Waals surface area contributed by atoms with Gasteiger partial charge in [0.15, 0.2) is 0 Å². The van der Waals surface area contributed by atoms with Gasteiger partial charge in [-0.05, 0) is 55.5 Å². The van der Waals surface area contributed by atoms with Crippen LogP contribution in [0.15, 0.2) is 60.3 Å². The smallest absolute Gasteiger partial charge is 0.324 e. The molecule has 0 unspecified atom stereocenters. The van der Waals surface area contributed by atoms with Crippen LogP contribution in [0.4, 0.5) is 16.4 Å². The fraction of sp³-hybridized carbons (Fsp3) is 0.217. The molecular weight excluding hydrogens is 390 g/mol. The van der Waals surface area contributed by atoms with E-state index in [0.29, 0.717) is 22.7 Å². The van der Waals surface area contributed by atoms with Crippen LogP contribution in [-0.4, -0.2) is 28.0 Å². The number of nitrogens with two attached hydrogens (primary N) is 1. The Balaban J connectivity index is 1.87. The number of rotatable bonds is 6. The van der Waals surface area contributed by atoms with Crippen molar-refractivity contribution in [2.24, 2.45) is 0 Å². The fourth-order valence-corrected chi connectivity index (χ4v) is 3.03. The Hall–Kier alpha value is -3.94. The highest BCUT2D eigenvalue weighted by atomic mass is 16.2. The van der Waals surface area contributed by atoms with Gasteiger partial charge in [0.2, 0.25) is 0 Å². The number of amides is 2. The van der Waals surface area contributed by atoms with Crippen LogP contribution in [0.2, 0.25) is 0 Å². The van der Waals surface area contributed by atoms with Crippen molar-refractivity contribution in [3.05, 3.63) is 65.9 Å². The van der Waals surface area contributed by atoms with Crippen LogP contribution in [0, 0.1) is 6.92 Å². The molecule has 0 bridgehead atoms. The normalized spacial score (nSPS) is 12.0. The van der Waals surface area contributed by atoms with E-state index in [1.54, 1.807) is 37.9 Å². The lowest BCUT2D eigenvalue weighted by molar-refractivity contribution is 0.254. The lowest BCUT2D eigenvalue weighted by Gasteiger charge is -2.11. The molecule has 8 heteroatoms. The quantitative estimate of drug-likeness (QED) is 0.448. The molecule has 31 heavy (non-hydrogen) atoms. The first-order valence-corrected chi connectivity index (χ1v) is 10.0. The molecule has 0 saturated carbocycles. The minimum Gasteiger partial charge on any atom is -0.392 e. The molecule has 0 atom stereocenters. The molecule has 0 fully saturated rings. The van der Waals surface area contributed by atoms with Gasteiger partial charge in [0.05, 0.1) is 11.4 Å². The van der Waals surface area contributed by atoms with Gasteiger partial charge in [-0.2, -0.15) is 0 Å². The lowest BCUT2D eigenvalue weighted by Crippen LogP contribution is -2.28. The van der Waals surface area contributed by atoms with Crippen molar-refractivity contribution in [1.82, 2.24) is 25.6 Å². The number of allylic oxidation sites excluding steroid dienone is 2. The van der Waals surface area contributed by atoms with Gasteiger partial charge in [0, 0.05) is 42.8 Å². The van der Waals surface area contributed by atoms with Crippen LogP contribution in [-0.2, 0) is 0 Å². The van der Waals surface area contributed by atoms with Gasteiger partial charge in [-0.15, -0.1) is 0 Å². The predicted molar refractivity (Wildman–Crippen MR) is 125 cm³/mol. The summed E-state index contributed by atoms with van der Waals surface area (Å²) in [6, 6.07) is 5.22. The van der Waals surface area contributed by atoms with Gasteiger partial charge in [-0.25, -0.2) is 14.8 Å². The van der Waals surface area contributed by atoms with Crippen molar-refractivity contribution in [2.45, 2.75) is 27.2 Å². The number of aryl methyl sites for hydroxylation is 1. The van der Waals surface area contributed by atoms with Gasteiger partial charge in [-0.1, -0.05) is 12.5 Å². The number of urea groups is 1. The fourth-order valence-electron chi connectivity index (χ4n) is 3.03. The number of nitrogen functional groups attached to an aromatic ring is 1. The molecule has 3 aromatic heterocycles. The summed E-state index contributed by atoms with van der Waals surface area (Å²) >= 11 is 0. The number of nitrogens with zero attached hydrogens (tertiary/aromatic N) is 3. The topological polar surface area (TPSA) is 118 Å². The summed E-state index contributed by atoms with van der Waals surface area (Å²) in [5.74, 6) is 0.781. The zero-order valence-corrected chi connectivity index (χ0v) is 18.2. The molecule has 0 aromatic carbocycles. The van der Waals surface area contributed by atoms with E-state index in [1.807, 2.05) is 32.1 Å². The Labute approximate surface area is 181 Å². The first-order valence-electron chi connectivity index (χ1n) is 10.0. The predicted octanol–water partition coefficient (Wildman–Crippen LogP) is 4.12. The maximum atomic E-state index is 12.5. The number of hydrogen-bond donors (Lipinski definition) is 4. The SMILES string of the molecule is CCC(C)=C/C(=C\NC)NC(=O)Nc1cc2cc(-c3cnccc3C)nc(N)c2cn1. The van der Waals surface area contributed by atoms with Crippen molar-refractivity contribution >= 4 is 28.4 Å². The number of anilines is 2. The molecule has 0 radical (unpaired) electrons. The van der Waals surface area contributed by atoms with E-state index < -0.39 is 0 Å². The third-order valence-electron chi connectivity index (χ3n) is 4.82. The summed E-state index contributed by atoms with van der Waals surface area (Å²) in [5, 5.41) is 10.1. The van der Waals surface area contributed by atoms with E-state index >= 15 is 0 Å². The first kappa shape index (κ1) is 21.8. The van der Waals surface area contributed by atoms with Gasteiger partial charge >= 0.3 is 6.03 Å². The average Bonchev–Trinajstić information content (AvgIpc) is 2.73. The number of hydrogen-bond acceptors (Lipinski definition) is 6. The van der Waals surface area contributed by atoms with Crippen molar-refractivity contribution in [3.8, 4) is 11.3 Å². The Kier molecular flexibility index (Phi) is 6.81. The third kappa shape index (κ3) is 5.36. The van der Waals surface area contributed by atoms with Crippen molar-refractivity contribution in [3.63, 3.8) is 0 Å². The molecule has 3 rings (SSSR count). The molecule has 0 aliphatic heterocycles. The van der Waals surface area contributed by atoms with Crippen molar-refractivity contribution in [2.75, 3.05) is 18.1 Å². The lowest BCUT2D eigenvalue weighted by atomic mass is 10.1. The van der Waals surface area contributed by atoms with Gasteiger partial charge in [-0.3, -0.25) is 10.3 Å². The number of fused-ring (bicyclic) bond motifs is 1. The first-order chi connectivity index (χ1) is 14.9. The number of aromatic nitrogens is 3. The highest BCUT2D eigenvalue weighted by Crippen LogP contribution is 2.28. The standard InChI is InChI=1S/C23H27N7O/c1-5-14(2)8-17(11-25-4)28-23(31)30-21-10-16-9-20(18-12-26-7-6-15(18)3)29-22(24)19(16)13-27-21/h6-13,25H,5H2,1-4H3,(H2,24,29)(H2,27,28,30,31)/b14-8?,17-11+. The largest absolute Gasteiger partial charge is 0.392 e. The number of pyridine rings is 3. The van der Waals surface area contributed by atoms with Gasteiger partial charge in [0.25, 0.3) is 0 Å². The second kappa shape index (κ2) is 9.71. The minimum atomic E-state index is -0.390. The highest BCUT2D eigenvalue weighted by molar-refractivity contribution is 5.97. The van der Waals surface area contributed by atoms with E-state index in [1.165, 1.54) is 0 Å². The Morgan fingerprint density at radius 2 is 2.06 bits per heavy atom. The number of carbonyl (C=O) groups excluding carboxylic acids is 1. The second-order valence-corrected chi connectivity index (χ2v) is 7.19. The maximum Gasteiger partial charge on any atom is 0.324 e. The summed E-state index contributed by atoms with van der Waals surface area (Å²) in [4.78, 5) is 25.5. The van der Waals surface area contributed by atoms with E-state index in [0.717, 1.165) is 34.2 Å². The van der Waals surface area contributed by atoms with Crippen LogP contribution >= 0.6 is 0 Å². The van der Waals surface area contributed by atoms with E-state index in [-0.39, 0.29) is 6.03 Å². The Morgan fingerprint density at radius 3 is 2.77 bits per heavy atom. The molecule has 0 aliphatic carbocycles. The van der Waals surface area contributed by atoms with Crippen LogP contribution in [0.3, 0.4) is 0 Å². The summed E-state index contributed by atoms with van der Waals surface area (Å²) < 4.78 is 0. The number of carbonyl (C=O) groups is 1. The molecule has 0 spiro atoms. The summed E-state index contributed by atoms with van der Waals surface area (Å²) in [5.41, 5.74) is 10.6. The molecule has 0 aliphatic rings. The zero-order chi connectivity index (χ0) is 22.4. The van der Waals surface area contributed by atoms with Crippen LogP contribution in [0.5, 0.6) is 0 Å². The van der Waals surface area contributed by atoms with E-state index in [9.17, 15) is 4.79 Å². The van der Waals surface area contributed by atoms with Crippen LogP contribution < -0.4 is 21.7 Å². The monoisotopic (exact) mass is 417 g/mol. The molecule has 3 heterocycles. The molecule has 8 nitrogen and oxygen atoms in total. The van der Waals surface area contributed by atoms with Crippen molar-refractivity contribution < 1.29 is 4.79 Å². The molecule has 160 valence electrons. The van der Waals surface area contributed by atoms with Crippen LogP contribution in [0.1, 0.15) is 25.8 Å².